The first kappa shape index (κ1) is 13.4. The molecule has 0 aliphatic carbocycles. The maximum Gasteiger partial charge on any atom is 0.224 e. The number of hydrogen-bond acceptors (Lipinski definition) is 2. The lowest BCUT2D eigenvalue weighted by molar-refractivity contribution is -0.121. The Bertz CT molecular complexity index is 387. The summed E-state index contributed by atoms with van der Waals surface area (Å²) in [6.45, 7) is 1.65. The van der Waals surface area contributed by atoms with Crippen molar-refractivity contribution >= 4 is 12.0 Å². The number of amides is 1. The molecule has 2 N–H and O–H groups in total. The summed E-state index contributed by atoms with van der Waals surface area (Å²) in [7, 11) is 0. The van der Waals surface area contributed by atoms with Crippen LogP contribution in [0, 0.1) is 5.82 Å². The standard InChI is InChI=1S/C13H16FNO2/c1-10(9-16)15-13(17)4-2-3-11-5-7-12(14)8-6-11/h2-3,5-8,10,16H,4,9H2,1H3,(H,15,17)/b3-2+. The summed E-state index contributed by atoms with van der Waals surface area (Å²) in [5.74, 6) is -0.429. The molecule has 0 fully saturated rings. The molecular formula is C13H16FNO2. The fraction of sp³-hybridized carbons (Fsp3) is 0.308. The fourth-order valence-electron chi connectivity index (χ4n) is 1.26. The van der Waals surface area contributed by atoms with E-state index < -0.39 is 0 Å². The largest absolute Gasteiger partial charge is 0.394 e. The predicted octanol–water partition coefficient (Wildman–Crippen LogP) is 1.73. The third-order valence-electron chi connectivity index (χ3n) is 2.16. The van der Waals surface area contributed by atoms with E-state index in [0.717, 1.165) is 5.56 Å². The lowest BCUT2D eigenvalue weighted by Gasteiger charge is -2.08. The van der Waals surface area contributed by atoms with Crippen LogP contribution in [-0.2, 0) is 4.79 Å². The van der Waals surface area contributed by atoms with Crippen LogP contribution in [0.5, 0.6) is 0 Å². The molecule has 4 heteroatoms. The molecule has 0 saturated heterocycles. The molecule has 0 aliphatic rings. The minimum absolute atomic E-state index is 0.0760. The number of nitrogens with one attached hydrogen (secondary N) is 1. The first-order chi connectivity index (χ1) is 8.11. The van der Waals surface area contributed by atoms with Crippen LogP contribution in [0.25, 0.3) is 6.08 Å². The lowest BCUT2D eigenvalue weighted by Crippen LogP contribution is -2.34. The van der Waals surface area contributed by atoms with Gasteiger partial charge in [-0.15, -0.1) is 0 Å². The molecule has 0 saturated carbocycles. The van der Waals surface area contributed by atoms with Crippen molar-refractivity contribution in [2.75, 3.05) is 6.61 Å². The summed E-state index contributed by atoms with van der Waals surface area (Å²) in [5, 5.41) is 11.4. The molecule has 0 aromatic heterocycles. The van der Waals surface area contributed by atoms with E-state index in [0.29, 0.717) is 0 Å². The Kier molecular flexibility index (Phi) is 5.36. The van der Waals surface area contributed by atoms with E-state index in [4.69, 9.17) is 5.11 Å². The zero-order chi connectivity index (χ0) is 12.7. The molecule has 1 amide bonds. The summed E-state index contributed by atoms with van der Waals surface area (Å²) in [5.41, 5.74) is 0.842. The normalized spacial score (nSPS) is 12.6. The molecule has 0 radical (unpaired) electrons. The summed E-state index contributed by atoms with van der Waals surface area (Å²) in [4.78, 5) is 11.3. The minimum Gasteiger partial charge on any atom is -0.394 e. The minimum atomic E-state index is -0.281. The van der Waals surface area contributed by atoms with Crippen molar-refractivity contribution in [3.05, 3.63) is 41.7 Å². The molecule has 92 valence electrons. The average Bonchev–Trinajstić information content (AvgIpc) is 2.31. The molecule has 0 spiro atoms. The third kappa shape index (κ3) is 5.26. The van der Waals surface area contributed by atoms with Gasteiger partial charge in [0.1, 0.15) is 5.82 Å². The van der Waals surface area contributed by atoms with E-state index in [1.165, 1.54) is 12.1 Å². The monoisotopic (exact) mass is 237 g/mol. The number of hydrogen-bond donors (Lipinski definition) is 2. The van der Waals surface area contributed by atoms with Crippen LogP contribution in [0.15, 0.2) is 30.3 Å². The van der Waals surface area contributed by atoms with Gasteiger partial charge < -0.3 is 10.4 Å². The quantitative estimate of drug-likeness (QED) is 0.819. The maximum atomic E-state index is 12.6. The van der Waals surface area contributed by atoms with E-state index in [-0.39, 0.29) is 30.8 Å². The van der Waals surface area contributed by atoms with Crippen LogP contribution in [0.3, 0.4) is 0 Å². The molecule has 3 nitrogen and oxygen atoms in total. The maximum absolute atomic E-state index is 12.6. The molecule has 17 heavy (non-hydrogen) atoms. The number of carbonyl (C=O) groups excluding carboxylic acids is 1. The molecule has 0 heterocycles. The highest BCUT2D eigenvalue weighted by Gasteiger charge is 2.03. The van der Waals surface area contributed by atoms with Gasteiger partial charge in [-0.05, 0) is 24.6 Å². The molecule has 0 aliphatic heterocycles. The fourth-order valence-corrected chi connectivity index (χ4v) is 1.26. The number of aliphatic hydroxyl groups excluding tert-OH is 1. The van der Waals surface area contributed by atoms with Gasteiger partial charge in [0.15, 0.2) is 0 Å². The predicted molar refractivity (Wildman–Crippen MR) is 64.7 cm³/mol. The van der Waals surface area contributed by atoms with Gasteiger partial charge in [-0.2, -0.15) is 0 Å². The average molecular weight is 237 g/mol. The van der Waals surface area contributed by atoms with Gasteiger partial charge in [0.2, 0.25) is 5.91 Å². The third-order valence-corrected chi connectivity index (χ3v) is 2.16. The summed E-state index contributed by atoms with van der Waals surface area (Å²) in [6, 6.07) is 5.78. The second-order valence-electron chi connectivity index (χ2n) is 3.81. The van der Waals surface area contributed by atoms with Crippen LogP contribution < -0.4 is 5.32 Å². The Hall–Kier alpha value is -1.68. The molecule has 1 unspecified atom stereocenters. The Balaban J connectivity index is 2.39. The van der Waals surface area contributed by atoms with E-state index in [1.807, 2.05) is 0 Å². The van der Waals surface area contributed by atoms with Crippen molar-refractivity contribution in [3.63, 3.8) is 0 Å². The molecule has 1 atom stereocenters. The first-order valence-electron chi connectivity index (χ1n) is 5.44. The Morgan fingerprint density at radius 2 is 2.12 bits per heavy atom. The highest BCUT2D eigenvalue weighted by atomic mass is 19.1. The second kappa shape index (κ2) is 6.81. The smallest absolute Gasteiger partial charge is 0.224 e. The van der Waals surface area contributed by atoms with Crippen molar-refractivity contribution in [3.8, 4) is 0 Å². The lowest BCUT2D eigenvalue weighted by atomic mass is 10.2. The van der Waals surface area contributed by atoms with Crippen LogP contribution in [0.2, 0.25) is 0 Å². The first-order valence-corrected chi connectivity index (χ1v) is 5.44. The highest BCUT2D eigenvalue weighted by Crippen LogP contribution is 2.05. The highest BCUT2D eigenvalue weighted by molar-refractivity contribution is 5.78. The van der Waals surface area contributed by atoms with Crippen molar-refractivity contribution in [2.24, 2.45) is 0 Å². The molecule has 0 bridgehead atoms. The number of carbonyl (C=O) groups is 1. The van der Waals surface area contributed by atoms with Crippen LogP contribution in [0.4, 0.5) is 4.39 Å². The van der Waals surface area contributed by atoms with E-state index >= 15 is 0 Å². The van der Waals surface area contributed by atoms with E-state index in [2.05, 4.69) is 5.32 Å². The SMILES string of the molecule is CC(CO)NC(=O)C/C=C/c1ccc(F)cc1. The van der Waals surface area contributed by atoms with Crippen molar-refractivity contribution < 1.29 is 14.3 Å². The van der Waals surface area contributed by atoms with Gasteiger partial charge in [-0.25, -0.2) is 4.39 Å². The van der Waals surface area contributed by atoms with Crippen LogP contribution in [0.1, 0.15) is 18.9 Å². The number of rotatable bonds is 5. The molecule has 1 aromatic rings. The summed E-state index contributed by atoms with van der Waals surface area (Å²) in [6.07, 6.45) is 3.69. The molecule has 1 aromatic carbocycles. The summed E-state index contributed by atoms with van der Waals surface area (Å²) < 4.78 is 12.6. The van der Waals surface area contributed by atoms with Gasteiger partial charge in [0.05, 0.1) is 6.61 Å². The van der Waals surface area contributed by atoms with Crippen LogP contribution >= 0.6 is 0 Å². The van der Waals surface area contributed by atoms with Crippen molar-refractivity contribution in [1.82, 2.24) is 5.32 Å². The van der Waals surface area contributed by atoms with Gasteiger partial charge in [0.25, 0.3) is 0 Å². The summed E-state index contributed by atoms with van der Waals surface area (Å²) >= 11 is 0. The van der Waals surface area contributed by atoms with Crippen LogP contribution in [-0.4, -0.2) is 23.7 Å². The van der Waals surface area contributed by atoms with Crippen molar-refractivity contribution in [1.29, 1.82) is 0 Å². The number of benzene rings is 1. The van der Waals surface area contributed by atoms with E-state index in [9.17, 15) is 9.18 Å². The van der Waals surface area contributed by atoms with Gasteiger partial charge >= 0.3 is 0 Å². The zero-order valence-corrected chi connectivity index (χ0v) is 9.69. The number of halogens is 1. The van der Waals surface area contributed by atoms with Gasteiger partial charge in [-0.1, -0.05) is 24.3 Å². The van der Waals surface area contributed by atoms with Crippen molar-refractivity contribution in [2.45, 2.75) is 19.4 Å². The Morgan fingerprint density at radius 3 is 2.71 bits per heavy atom. The second-order valence-corrected chi connectivity index (χ2v) is 3.81. The Labute approximate surface area is 100.0 Å². The topological polar surface area (TPSA) is 49.3 Å². The molecular weight excluding hydrogens is 221 g/mol. The zero-order valence-electron chi connectivity index (χ0n) is 9.69. The van der Waals surface area contributed by atoms with Gasteiger partial charge in [0, 0.05) is 12.5 Å². The van der Waals surface area contributed by atoms with E-state index in [1.54, 1.807) is 31.2 Å². The Morgan fingerprint density at radius 1 is 1.47 bits per heavy atom. The number of aliphatic hydroxyl groups is 1. The molecule has 1 rings (SSSR count). The van der Waals surface area contributed by atoms with Gasteiger partial charge in [-0.3, -0.25) is 4.79 Å².